The molecule has 6 nitrogen and oxygen atoms in total. The molecule has 0 aromatic heterocycles. The van der Waals surface area contributed by atoms with E-state index in [-0.39, 0.29) is 17.5 Å². The van der Waals surface area contributed by atoms with Gasteiger partial charge >= 0.3 is 5.97 Å². The van der Waals surface area contributed by atoms with Gasteiger partial charge in [-0.15, -0.1) is 0 Å². The normalized spacial score (nSPS) is 16.4. The van der Waals surface area contributed by atoms with Crippen LogP contribution in [0, 0.1) is 5.92 Å². The highest BCUT2D eigenvalue weighted by atomic mass is 16.5. The van der Waals surface area contributed by atoms with E-state index in [0.717, 1.165) is 23.3 Å². The molecule has 6 heteroatoms. The molecular formula is C26H33NO5. The highest BCUT2D eigenvalue weighted by Crippen LogP contribution is 2.37. The van der Waals surface area contributed by atoms with Gasteiger partial charge in [-0.2, -0.15) is 0 Å². The number of carbonyl (C=O) groups excluding carboxylic acids is 1. The molecular weight excluding hydrogens is 406 g/mol. The van der Waals surface area contributed by atoms with Crippen molar-refractivity contribution in [3.05, 3.63) is 65.2 Å². The number of carboxylic acids is 1. The van der Waals surface area contributed by atoms with E-state index in [1.54, 1.807) is 24.3 Å². The van der Waals surface area contributed by atoms with Crippen LogP contribution in [-0.4, -0.2) is 36.8 Å². The van der Waals surface area contributed by atoms with E-state index < -0.39 is 11.4 Å². The van der Waals surface area contributed by atoms with Gasteiger partial charge in [0.2, 0.25) is 5.91 Å². The number of ether oxygens (including phenoxy) is 2. The molecule has 1 fully saturated rings. The lowest BCUT2D eigenvalue weighted by Crippen LogP contribution is -2.48. The van der Waals surface area contributed by atoms with Crippen LogP contribution in [0.1, 0.15) is 67.6 Å². The zero-order valence-corrected chi connectivity index (χ0v) is 19.1. The van der Waals surface area contributed by atoms with E-state index in [2.05, 4.69) is 19.2 Å². The molecule has 1 aliphatic heterocycles. The molecule has 32 heavy (non-hydrogen) atoms. The Labute approximate surface area is 189 Å². The number of carboxylic acid groups (broad SMARTS) is 1. The quantitative estimate of drug-likeness (QED) is 0.590. The fraction of sp³-hybridized carbons (Fsp3) is 0.462. The monoisotopic (exact) mass is 439 g/mol. The molecule has 0 bridgehead atoms. The molecule has 0 radical (unpaired) electrons. The number of rotatable bonds is 9. The summed E-state index contributed by atoms with van der Waals surface area (Å²) in [5, 5.41) is 12.3. The fourth-order valence-electron chi connectivity index (χ4n) is 4.00. The molecule has 1 amide bonds. The molecule has 0 aliphatic carbocycles. The Hall–Kier alpha value is -2.86. The Morgan fingerprint density at radius 3 is 2.41 bits per heavy atom. The van der Waals surface area contributed by atoms with Gasteiger partial charge in [-0.25, -0.2) is 4.79 Å². The number of amides is 1. The number of benzene rings is 2. The van der Waals surface area contributed by atoms with Crippen LogP contribution >= 0.6 is 0 Å². The third-order valence-corrected chi connectivity index (χ3v) is 6.14. The summed E-state index contributed by atoms with van der Waals surface area (Å²) in [6, 6.07) is 14.2. The van der Waals surface area contributed by atoms with Crippen molar-refractivity contribution in [2.24, 2.45) is 5.92 Å². The highest BCUT2D eigenvalue weighted by molar-refractivity contribution is 5.89. The van der Waals surface area contributed by atoms with Gasteiger partial charge in [0.05, 0.1) is 23.6 Å². The van der Waals surface area contributed by atoms with E-state index in [9.17, 15) is 9.59 Å². The standard InChI is InChI=1S/C26H33NO5/c1-18(2)11-14-32-23-6-4-5-22(17-23)26(12-15-31-16-13-26)25(30)27-19(3)20-7-9-21(10-8-20)24(28)29/h4-10,17-19H,11-16H2,1-3H3,(H,27,30)(H,28,29)/t19-/m0/s1. The van der Waals surface area contributed by atoms with Gasteiger partial charge in [0.1, 0.15) is 5.75 Å². The van der Waals surface area contributed by atoms with Crippen molar-refractivity contribution in [1.82, 2.24) is 5.32 Å². The highest BCUT2D eigenvalue weighted by Gasteiger charge is 2.42. The van der Waals surface area contributed by atoms with Crippen LogP contribution in [0.4, 0.5) is 0 Å². The zero-order valence-electron chi connectivity index (χ0n) is 19.1. The lowest BCUT2D eigenvalue weighted by atomic mass is 9.73. The zero-order chi connectivity index (χ0) is 23.1. The smallest absolute Gasteiger partial charge is 0.335 e. The molecule has 2 aromatic rings. The van der Waals surface area contributed by atoms with Crippen LogP contribution in [0.25, 0.3) is 0 Å². The molecule has 0 unspecified atom stereocenters. The Morgan fingerprint density at radius 1 is 1.09 bits per heavy atom. The number of aromatic carboxylic acids is 1. The van der Waals surface area contributed by atoms with Crippen LogP contribution in [0.5, 0.6) is 5.75 Å². The van der Waals surface area contributed by atoms with Gasteiger partial charge in [0, 0.05) is 13.2 Å². The number of nitrogens with one attached hydrogen (secondary N) is 1. The molecule has 1 heterocycles. The maximum atomic E-state index is 13.6. The predicted octanol–water partition coefficient (Wildman–Crippen LogP) is 4.74. The van der Waals surface area contributed by atoms with Crippen LogP contribution in [0.2, 0.25) is 0 Å². The Bertz CT molecular complexity index is 916. The van der Waals surface area contributed by atoms with Crippen molar-refractivity contribution in [2.45, 2.75) is 51.5 Å². The fourth-order valence-corrected chi connectivity index (χ4v) is 4.00. The van der Waals surface area contributed by atoms with Gasteiger partial charge in [0.25, 0.3) is 0 Å². The number of carbonyl (C=O) groups is 2. The molecule has 172 valence electrons. The summed E-state index contributed by atoms with van der Waals surface area (Å²) in [5.41, 5.74) is 1.33. The SMILES string of the molecule is CC(C)CCOc1cccc(C2(C(=O)N[C@@H](C)c3ccc(C(=O)O)cc3)CCOCC2)c1. The van der Waals surface area contributed by atoms with E-state index in [1.165, 1.54) is 0 Å². The van der Waals surface area contributed by atoms with Crippen molar-refractivity contribution < 1.29 is 24.2 Å². The third kappa shape index (κ3) is 5.68. The summed E-state index contributed by atoms with van der Waals surface area (Å²) in [5.74, 6) is 0.329. The molecule has 3 rings (SSSR count). The molecule has 1 saturated heterocycles. The second-order valence-electron chi connectivity index (χ2n) is 8.88. The Balaban J connectivity index is 1.79. The molecule has 0 spiro atoms. The van der Waals surface area contributed by atoms with E-state index in [1.807, 2.05) is 31.2 Å². The molecule has 1 aliphatic rings. The van der Waals surface area contributed by atoms with Gasteiger partial charge in [-0.05, 0) is 67.5 Å². The van der Waals surface area contributed by atoms with E-state index >= 15 is 0 Å². The minimum Gasteiger partial charge on any atom is -0.494 e. The first-order chi connectivity index (χ1) is 15.3. The summed E-state index contributed by atoms with van der Waals surface area (Å²) in [6.07, 6.45) is 2.17. The first-order valence-electron chi connectivity index (χ1n) is 11.3. The van der Waals surface area contributed by atoms with E-state index in [0.29, 0.717) is 38.6 Å². The predicted molar refractivity (Wildman–Crippen MR) is 123 cm³/mol. The first-order valence-corrected chi connectivity index (χ1v) is 11.3. The second-order valence-corrected chi connectivity index (χ2v) is 8.88. The van der Waals surface area contributed by atoms with Crippen molar-refractivity contribution in [3.8, 4) is 5.75 Å². The molecule has 2 aromatic carbocycles. The van der Waals surface area contributed by atoms with Gasteiger partial charge in [-0.3, -0.25) is 4.79 Å². The average Bonchev–Trinajstić information content (AvgIpc) is 2.79. The van der Waals surface area contributed by atoms with Crippen LogP contribution in [-0.2, 0) is 14.9 Å². The number of hydrogen-bond donors (Lipinski definition) is 2. The lowest BCUT2D eigenvalue weighted by molar-refractivity contribution is -0.131. The largest absolute Gasteiger partial charge is 0.494 e. The summed E-state index contributed by atoms with van der Waals surface area (Å²) in [6.45, 7) is 7.93. The molecule has 1 atom stereocenters. The summed E-state index contributed by atoms with van der Waals surface area (Å²) in [7, 11) is 0. The number of hydrogen-bond acceptors (Lipinski definition) is 4. The van der Waals surface area contributed by atoms with Crippen molar-refractivity contribution in [1.29, 1.82) is 0 Å². The Morgan fingerprint density at radius 2 is 1.78 bits per heavy atom. The minimum atomic E-state index is -0.968. The van der Waals surface area contributed by atoms with Crippen molar-refractivity contribution in [3.63, 3.8) is 0 Å². The second kappa shape index (κ2) is 10.6. The average molecular weight is 440 g/mol. The first kappa shape index (κ1) is 23.8. The lowest BCUT2D eigenvalue weighted by Gasteiger charge is -2.37. The van der Waals surface area contributed by atoms with Crippen LogP contribution < -0.4 is 10.1 Å². The third-order valence-electron chi connectivity index (χ3n) is 6.14. The maximum Gasteiger partial charge on any atom is 0.335 e. The summed E-state index contributed by atoms with van der Waals surface area (Å²) >= 11 is 0. The minimum absolute atomic E-state index is 0.0464. The Kier molecular flexibility index (Phi) is 7.91. The topological polar surface area (TPSA) is 84.9 Å². The van der Waals surface area contributed by atoms with Crippen LogP contribution in [0.3, 0.4) is 0 Å². The van der Waals surface area contributed by atoms with Crippen molar-refractivity contribution >= 4 is 11.9 Å². The van der Waals surface area contributed by atoms with E-state index in [4.69, 9.17) is 14.6 Å². The molecule has 2 N–H and O–H groups in total. The molecule has 0 saturated carbocycles. The summed E-state index contributed by atoms with van der Waals surface area (Å²) < 4.78 is 11.5. The van der Waals surface area contributed by atoms with Crippen molar-refractivity contribution in [2.75, 3.05) is 19.8 Å². The maximum absolute atomic E-state index is 13.6. The summed E-state index contributed by atoms with van der Waals surface area (Å²) in [4.78, 5) is 24.7. The van der Waals surface area contributed by atoms with Gasteiger partial charge in [0.15, 0.2) is 0 Å². The van der Waals surface area contributed by atoms with Gasteiger partial charge in [-0.1, -0.05) is 38.1 Å². The van der Waals surface area contributed by atoms with Gasteiger partial charge < -0.3 is 19.9 Å². The van der Waals surface area contributed by atoms with Crippen LogP contribution in [0.15, 0.2) is 48.5 Å².